The van der Waals surface area contributed by atoms with Crippen molar-refractivity contribution in [3.63, 3.8) is 0 Å². The van der Waals surface area contributed by atoms with Gasteiger partial charge in [-0.3, -0.25) is 25.2 Å². The minimum Gasteiger partial charge on any atom is -0.482 e. The van der Waals surface area contributed by atoms with E-state index in [9.17, 15) is 14.4 Å². The molecule has 0 saturated heterocycles. The third-order valence-electron chi connectivity index (χ3n) is 5.62. The van der Waals surface area contributed by atoms with E-state index in [1.165, 1.54) is 6.07 Å². The number of amides is 3. The number of nitrogens with zero attached hydrogens (tertiary/aromatic N) is 1. The van der Waals surface area contributed by atoms with Crippen molar-refractivity contribution in [2.24, 2.45) is 5.10 Å². The summed E-state index contributed by atoms with van der Waals surface area (Å²) in [4.78, 5) is 37.2. The number of furan rings is 1. The molecule has 0 saturated carbocycles. The average molecular weight is 543 g/mol. The summed E-state index contributed by atoms with van der Waals surface area (Å²) in [5.74, 6) is -0.421. The third-order valence-corrected chi connectivity index (χ3v) is 6.15. The van der Waals surface area contributed by atoms with Gasteiger partial charge in [0.05, 0.1) is 17.2 Å². The van der Waals surface area contributed by atoms with Crippen LogP contribution in [-0.4, -0.2) is 30.0 Å². The topological polar surface area (TPSA) is 122 Å². The van der Waals surface area contributed by atoms with Crippen molar-refractivity contribution in [3.8, 4) is 5.75 Å². The largest absolute Gasteiger partial charge is 0.482 e. The van der Waals surface area contributed by atoms with Crippen LogP contribution in [0.4, 0.5) is 0 Å². The van der Waals surface area contributed by atoms with Crippen LogP contribution in [-0.2, 0) is 22.4 Å². The quantitative estimate of drug-likeness (QED) is 0.387. The standard InChI is InChI=1S/C26H24Cl2N4O5/c1-15-24-19(29-31-23(34)14-36-20-11-10-17(27)13-18(20)28)8-5-9-21(24)37-25(15)26(35)32-30-22(33)12-16-6-3-2-4-7-16/h2-4,6-7,10-11,13H,5,8-9,12,14H2,1H3,(H,30,33)(H,31,34)(H,32,35)/b29-19+. The SMILES string of the molecule is Cc1c(C(=O)NNC(=O)Cc2ccccc2)oc2c1/C(=N/NC(=O)COc1ccc(Cl)cc1Cl)CCC2. The number of hydrogen-bond donors (Lipinski definition) is 3. The second-order valence-electron chi connectivity index (χ2n) is 8.33. The lowest BCUT2D eigenvalue weighted by molar-refractivity contribution is -0.123. The molecule has 0 aliphatic heterocycles. The second-order valence-corrected chi connectivity index (χ2v) is 9.17. The number of hydrogen-bond acceptors (Lipinski definition) is 6. The molecule has 1 aliphatic rings. The molecule has 1 aliphatic carbocycles. The molecule has 9 nitrogen and oxygen atoms in total. The molecule has 192 valence electrons. The predicted octanol–water partition coefficient (Wildman–Crippen LogP) is 4.13. The van der Waals surface area contributed by atoms with Crippen LogP contribution in [0.25, 0.3) is 0 Å². The predicted molar refractivity (Wildman–Crippen MR) is 139 cm³/mol. The van der Waals surface area contributed by atoms with Gasteiger partial charge in [-0.25, -0.2) is 5.43 Å². The summed E-state index contributed by atoms with van der Waals surface area (Å²) in [5.41, 5.74) is 9.94. The monoisotopic (exact) mass is 542 g/mol. The van der Waals surface area contributed by atoms with Gasteiger partial charge in [0.1, 0.15) is 11.5 Å². The van der Waals surface area contributed by atoms with E-state index in [0.717, 1.165) is 12.0 Å². The fourth-order valence-electron chi connectivity index (χ4n) is 3.90. The Morgan fingerprint density at radius 3 is 2.57 bits per heavy atom. The van der Waals surface area contributed by atoms with E-state index in [1.807, 2.05) is 30.3 Å². The molecular weight excluding hydrogens is 519 g/mol. The van der Waals surface area contributed by atoms with Crippen molar-refractivity contribution < 1.29 is 23.5 Å². The summed E-state index contributed by atoms with van der Waals surface area (Å²) < 4.78 is 11.2. The summed E-state index contributed by atoms with van der Waals surface area (Å²) in [7, 11) is 0. The molecule has 0 fully saturated rings. The number of hydrazone groups is 1. The molecule has 0 bridgehead atoms. The fourth-order valence-corrected chi connectivity index (χ4v) is 4.37. The highest BCUT2D eigenvalue weighted by Gasteiger charge is 2.28. The Balaban J connectivity index is 1.37. The van der Waals surface area contributed by atoms with Crippen LogP contribution in [0.3, 0.4) is 0 Å². The fraction of sp³-hybridized carbons (Fsp3) is 0.231. The Labute approximate surface area is 223 Å². The molecule has 0 unspecified atom stereocenters. The third kappa shape index (κ3) is 6.69. The van der Waals surface area contributed by atoms with Gasteiger partial charge in [-0.15, -0.1) is 0 Å². The zero-order chi connectivity index (χ0) is 26.4. The van der Waals surface area contributed by atoms with Crippen LogP contribution in [0.5, 0.6) is 5.75 Å². The van der Waals surface area contributed by atoms with Crippen LogP contribution >= 0.6 is 23.2 Å². The first-order chi connectivity index (χ1) is 17.8. The zero-order valence-corrected chi connectivity index (χ0v) is 21.4. The zero-order valence-electron chi connectivity index (χ0n) is 19.9. The molecule has 2 aromatic carbocycles. The van der Waals surface area contributed by atoms with Gasteiger partial charge in [-0.2, -0.15) is 5.10 Å². The van der Waals surface area contributed by atoms with Gasteiger partial charge >= 0.3 is 5.91 Å². The molecule has 0 radical (unpaired) electrons. The van der Waals surface area contributed by atoms with Crippen molar-refractivity contribution in [3.05, 3.63) is 86.8 Å². The first kappa shape index (κ1) is 26.2. The Morgan fingerprint density at radius 1 is 1.03 bits per heavy atom. The number of fused-ring (bicyclic) bond motifs is 1. The number of aryl methyl sites for hydroxylation is 1. The van der Waals surface area contributed by atoms with E-state index in [0.29, 0.717) is 51.2 Å². The van der Waals surface area contributed by atoms with E-state index >= 15 is 0 Å². The molecule has 11 heteroatoms. The maximum Gasteiger partial charge on any atom is 0.305 e. The van der Waals surface area contributed by atoms with Crippen molar-refractivity contribution in [2.75, 3.05) is 6.61 Å². The van der Waals surface area contributed by atoms with E-state index in [1.54, 1.807) is 19.1 Å². The second kappa shape index (κ2) is 11.9. The number of ether oxygens (including phenoxy) is 1. The van der Waals surface area contributed by atoms with Gasteiger partial charge in [-0.1, -0.05) is 53.5 Å². The van der Waals surface area contributed by atoms with Crippen molar-refractivity contribution in [1.82, 2.24) is 16.3 Å². The molecule has 37 heavy (non-hydrogen) atoms. The minimum atomic E-state index is -0.579. The first-order valence-electron chi connectivity index (χ1n) is 11.5. The number of rotatable bonds is 7. The Bertz CT molecular complexity index is 1350. The van der Waals surface area contributed by atoms with Crippen molar-refractivity contribution in [1.29, 1.82) is 0 Å². The summed E-state index contributed by atoms with van der Waals surface area (Å²) in [6, 6.07) is 13.9. The lowest BCUT2D eigenvalue weighted by Gasteiger charge is -2.13. The maximum absolute atomic E-state index is 12.7. The smallest absolute Gasteiger partial charge is 0.305 e. The number of carbonyl (C=O) groups is 3. The molecule has 4 rings (SSSR count). The number of nitrogens with one attached hydrogen (secondary N) is 3. The minimum absolute atomic E-state index is 0.0756. The number of benzene rings is 2. The van der Waals surface area contributed by atoms with Gasteiger partial charge < -0.3 is 9.15 Å². The number of hydrazine groups is 1. The number of carbonyl (C=O) groups excluding carboxylic acids is 3. The molecule has 3 N–H and O–H groups in total. The highest BCUT2D eigenvalue weighted by molar-refractivity contribution is 6.35. The number of halogens is 2. The van der Waals surface area contributed by atoms with E-state index in [2.05, 4.69) is 21.4 Å². The van der Waals surface area contributed by atoms with Crippen LogP contribution in [0.1, 0.15) is 45.8 Å². The van der Waals surface area contributed by atoms with Gasteiger partial charge in [0.2, 0.25) is 5.91 Å². The maximum atomic E-state index is 12.7. The van der Waals surface area contributed by atoms with Crippen molar-refractivity contribution >= 4 is 46.6 Å². The van der Waals surface area contributed by atoms with Gasteiger partial charge in [-0.05, 0) is 43.5 Å². The van der Waals surface area contributed by atoms with Crippen molar-refractivity contribution in [2.45, 2.75) is 32.6 Å². The average Bonchev–Trinajstić information content (AvgIpc) is 3.23. The molecule has 1 heterocycles. The molecule has 3 aromatic rings. The molecule has 0 spiro atoms. The normalized spacial score (nSPS) is 13.5. The summed E-state index contributed by atoms with van der Waals surface area (Å²) in [6.07, 6.45) is 2.07. The van der Waals surface area contributed by atoms with E-state index < -0.39 is 11.8 Å². The van der Waals surface area contributed by atoms with Gasteiger partial charge in [0.25, 0.3) is 5.91 Å². The van der Waals surface area contributed by atoms with Crippen LogP contribution in [0.2, 0.25) is 10.0 Å². The Kier molecular flexibility index (Phi) is 8.47. The lowest BCUT2D eigenvalue weighted by atomic mass is 9.93. The lowest BCUT2D eigenvalue weighted by Crippen LogP contribution is -2.42. The van der Waals surface area contributed by atoms with Crippen LogP contribution in [0, 0.1) is 6.92 Å². The highest BCUT2D eigenvalue weighted by atomic mass is 35.5. The summed E-state index contributed by atoms with van der Waals surface area (Å²) >= 11 is 11.9. The molecular formula is C26H24Cl2N4O5. The van der Waals surface area contributed by atoms with E-state index in [-0.39, 0.29) is 24.7 Å². The molecule has 0 atom stereocenters. The van der Waals surface area contributed by atoms with Crippen LogP contribution < -0.4 is 21.0 Å². The van der Waals surface area contributed by atoms with Gasteiger partial charge in [0.15, 0.2) is 12.4 Å². The highest BCUT2D eigenvalue weighted by Crippen LogP contribution is 2.30. The Hall–Kier alpha value is -3.82. The first-order valence-corrected chi connectivity index (χ1v) is 12.3. The molecule has 1 aromatic heterocycles. The Morgan fingerprint density at radius 2 is 1.81 bits per heavy atom. The molecule has 3 amide bonds. The summed E-state index contributed by atoms with van der Waals surface area (Å²) in [5, 5.41) is 5.00. The van der Waals surface area contributed by atoms with Crippen LogP contribution in [0.15, 0.2) is 58.0 Å². The van der Waals surface area contributed by atoms with Gasteiger partial charge in [0, 0.05) is 22.6 Å². The summed E-state index contributed by atoms with van der Waals surface area (Å²) in [6.45, 7) is 1.43. The van der Waals surface area contributed by atoms with E-state index in [4.69, 9.17) is 32.4 Å².